The van der Waals surface area contributed by atoms with E-state index in [-0.39, 0.29) is 11.8 Å². The molecule has 2 amide bonds. The van der Waals surface area contributed by atoms with Crippen LogP contribution in [0.25, 0.3) is 5.57 Å². The van der Waals surface area contributed by atoms with Crippen LogP contribution in [0.5, 0.6) is 5.75 Å². The van der Waals surface area contributed by atoms with Gasteiger partial charge in [0.15, 0.2) is 0 Å². The van der Waals surface area contributed by atoms with Crippen molar-refractivity contribution in [3.8, 4) is 5.75 Å². The summed E-state index contributed by atoms with van der Waals surface area (Å²) < 4.78 is 5.49. The molecule has 2 aliphatic rings. The molecule has 0 unspecified atom stereocenters. The molecule has 1 fully saturated rings. The first kappa shape index (κ1) is 20.2. The molecule has 2 aromatic rings. The van der Waals surface area contributed by atoms with Crippen molar-refractivity contribution in [1.82, 2.24) is 14.7 Å². The zero-order chi connectivity index (χ0) is 21.1. The predicted molar refractivity (Wildman–Crippen MR) is 116 cm³/mol. The third-order valence-corrected chi connectivity index (χ3v) is 5.77. The molecular weight excluding hydrogens is 378 g/mol. The number of piperazine rings is 1. The van der Waals surface area contributed by atoms with Gasteiger partial charge < -0.3 is 9.64 Å². The second-order valence-electron chi connectivity index (χ2n) is 7.53. The Morgan fingerprint density at radius 2 is 1.53 bits per heavy atom. The van der Waals surface area contributed by atoms with Crippen LogP contribution in [0.4, 0.5) is 0 Å². The summed E-state index contributed by atoms with van der Waals surface area (Å²) in [4.78, 5) is 32.1. The molecule has 4 rings (SSSR count). The maximum atomic E-state index is 13.2. The van der Waals surface area contributed by atoms with E-state index in [0.717, 1.165) is 19.6 Å². The van der Waals surface area contributed by atoms with Crippen molar-refractivity contribution < 1.29 is 14.3 Å². The van der Waals surface area contributed by atoms with Crippen molar-refractivity contribution in [3.63, 3.8) is 0 Å². The van der Waals surface area contributed by atoms with Crippen LogP contribution in [0, 0.1) is 0 Å². The highest BCUT2D eigenvalue weighted by atomic mass is 16.5. The highest BCUT2D eigenvalue weighted by Crippen LogP contribution is 2.36. The molecular formula is C24H27N3O3. The Bertz CT molecular complexity index is 963. The van der Waals surface area contributed by atoms with Gasteiger partial charge in [0, 0.05) is 44.8 Å². The van der Waals surface area contributed by atoms with Crippen LogP contribution in [-0.4, -0.2) is 66.3 Å². The number of benzene rings is 2. The van der Waals surface area contributed by atoms with Crippen LogP contribution in [0.15, 0.2) is 60.3 Å². The van der Waals surface area contributed by atoms with Crippen molar-refractivity contribution in [2.75, 3.05) is 39.8 Å². The van der Waals surface area contributed by atoms with Gasteiger partial charge in [-0.25, -0.2) is 0 Å². The van der Waals surface area contributed by atoms with E-state index in [0.29, 0.717) is 42.2 Å². The Morgan fingerprint density at radius 1 is 0.867 bits per heavy atom. The van der Waals surface area contributed by atoms with Gasteiger partial charge >= 0.3 is 0 Å². The van der Waals surface area contributed by atoms with E-state index in [1.54, 1.807) is 7.11 Å². The number of hydrogen-bond acceptors (Lipinski definition) is 5. The van der Waals surface area contributed by atoms with E-state index in [1.807, 2.05) is 37.3 Å². The van der Waals surface area contributed by atoms with E-state index in [1.165, 1.54) is 10.5 Å². The Labute approximate surface area is 177 Å². The SMILES string of the molecule is CCN1C(=O)C(c2ccccc2OC)=C(N2CCN(Cc3ccccc3)CC2)C1=O. The molecule has 6 nitrogen and oxygen atoms in total. The number of carbonyl (C=O) groups is 2. The van der Waals surface area contributed by atoms with Crippen LogP contribution in [0.1, 0.15) is 18.1 Å². The summed E-state index contributed by atoms with van der Waals surface area (Å²) in [5.41, 5.74) is 2.92. The van der Waals surface area contributed by atoms with Gasteiger partial charge in [-0.05, 0) is 18.6 Å². The predicted octanol–water partition coefficient (Wildman–Crippen LogP) is 2.61. The van der Waals surface area contributed by atoms with Crippen molar-refractivity contribution in [1.29, 1.82) is 0 Å². The lowest BCUT2D eigenvalue weighted by Gasteiger charge is -2.36. The average molecular weight is 405 g/mol. The molecule has 2 heterocycles. The minimum atomic E-state index is -0.242. The van der Waals surface area contributed by atoms with Crippen molar-refractivity contribution >= 4 is 17.4 Å². The first-order chi connectivity index (χ1) is 14.6. The summed E-state index contributed by atoms with van der Waals surface area (Å²) in [6, 6.07) is 17.8. The first-order valence-corrected chi connectivity index (χ1v) is 10.4. The van der Waals surface area contributed by atoms with Crippen LogP contribution in [-0.2, 0) is 16.1 Å². The molecule has 30 heavy (non-hydrogen) atoms. The molecule has 156 valence electrons. The molecule has 0 aromatic heterocycles. The second-order valence-corrected chi connectivity index (χ2v) is 7.53. The summed E-state index contributed by atoms with van der Waals surface area (Å²) >= 11 is 0. The minimum Gasteiger partial charge on any atom is -0.496 e. The number of rotatable bonds is 6. The van der Waals surface area contributed by atoms with Crippen LogP contribution in [0.3, 0.4) is 0 Å². The molecule has 0 N–H and O–H groups in total. The second kappa shape index (κ2) is 8.71. The maximum absolute atomic E-state index is 13.2. The number of hydrogen-bond donors (Lipinski definition) is 0. The van der Waals surface area contributed by atoms with E-state index in [2.05, 4.69) is 34.1 Å². The average Bonchev–Trinajstić information content (AvgIpc) is 3.04. The summed E-state index contributed by atoms with van der Waals surface area (Å²) in [7, 11) is 1.58. The van der Waals surface area contributed by atoms with Gasteiger partial charge in [0.05, 0.1) is 12.7 Å². The summed E-state index contributed by atoms with van der Waals surface area (Å²) in [6.07, 6.45) is 0. The fourth-order valence-electron chi connectivity index (χ4n) is 4.21. The molecule has 0 saturated carbocycles. The largest absolute Gasteiger partial charge is 0.496 e. The van der Waals surface area contributed by atoms with Gasteiger partial charge in [0.1, 0.15) is 11.4 Å². The van der Waals surface area contributed by atoms with Crippen LogP contribution in [0.2, 0.25) is 0 Å². The zero-order valence-electron chi connectivity index (χ0n) is 17.5. The third-order valence-electron chi connectivity index (χ3n) is 5.77. The highest BCUT2D eigenvalue weighted by Gasteiger charge is 2.42. The Hall–Kier alpha value is -3.12. The van der Waals surface area contributed by atoms with Gasteiger partial charge in [0.2, 0.25) is 0 Å². The fraction of sp³-hybridized carbons (Fsp3) is 0.333. The van der Waals surface area contributed by atoms with Crippen LogP contribution >= 0.6 is 0 Å². The number of ether oxygens (including phenoxy) is 1. The van der Waals surface area contributed by atoms with Gasteiger partial charge in [-0.1, -0.05) is 48.5 Å². The molecule has 1 saturated heterocycles. The molecule has 6 heteroatoms. The Morgan fingerprint density at radius 3 is 2.20 bits per heavy atom. The standard InChI is InChI=1S/C24H27N3O3/c1-3-27-23(28)21(19-11-7-8-12-20(19)30-2)22(24(27)29)26-15-13-25(14-16-26)17-18-9-5-4-6-10-18/h4-12H,3,13-17H2,1-2H3. The number of para-hydroxylation sites is 1. The number of nitrogens with zero attached hydrogens (tertiary/aromatic N) is 3. The summed E-state index contributed by atoms with van der Waals surface area (Å²) in [6.45, 7) is 6.16. The summed E-state index contributed by atoms with van der Waals surface area (Å²) in [5, 5.41) is 0. The van der Waals surface area contributed by atoms with Crippen LogP contribution < -0.4 is 4.74 Å². The number of carbonyl (C=O) groups excluding carboxylic acids is 2. The molecule has 0 bridgehead atoms. The van der Waals surface area contributed by atoms with E-state index in [9.17, 15) is 9.59 Å². The summed E-state index contributed by atoms with van der Waals surface area (Å²) in [5.74, 6) is 0.153. The third kappa shape index (κ3) is 3.71. The number of likely N-dealkylation sites (N-methyl/N-ethyl adjacent to an activating group) is 1. The topological polar surface area (TPSA) is 53.1 Å². The zero-order valence-corrected chi connectivity index (χ0v) is 17.5. The maximum Gasteiger partial charge on any atom is 0.277 e. The van der Waals surface area contributed by atoms with Gasteiger partial charge in [-0.3, -0.25) is 19.4 Å². The fourth-order valence-corrected chi connectivity index (χ4v) is 4.21. The van der Waals surface area contributed by atoms with Crippen molar-refractivity contribution in [3.05, 3.63) is 71.4 Å². The van der Waals surface area contributed by atoms with Crippen molar-refractivity contribution in [2.24, 2.45) is 0 Å². The molecule has 0 atom stereocenters. The number of imide groups is 1. The number of methoxy groups -OCH3 is 1. The molecule has 0 radical (unpaired) electrons. The van der Waals surface area contributed by atoms with E-state index in [4.69, 9.17) is 4.74 Å². The quantitative estimate of drug-likeness (QED) is 0.692. The van der Waals surface area contributed by atoms with E-state index < -0.39 is 0 Å². The minimum absolute atomic E-state index is 0.208. The monoisotopic (exact) mass is 405 g/mol. The molecule has 2 aromatic carbocycles. The van der Waals surface area contributed by atoms with Gasteiger partial charge in [-0.15, -0.1) is 0 Å². The van der Waals surface area contributed by atoms with Crippen molar-refractivity contribution in [2.45, 2.75) is 13.5 Å². The smallest absolute Gasteiger partial charge is 0.277 e. The Balaban J connectivity index is 1.61. The molecule has 0 spiro atoms. The first-order valence-electron chi connectivity index (χ1n) is 10.4. The normalized spacial score (nSPS) is 17.8. The lowest BCUT2D eigenvalue weighted by Crippen LogP contribution is -2.47. The molecule has 2 aliphatic heterocycles. The molecule has 0 aliphatic carbocycles. The lowest BCUT2D eigenvalue weighted by atomic mass is 10.0. The lowest BCUT2D eigenvalue weighted by molar-refractivity contribution is -0.137. The van der Waals surface area contributed by atoms with Gasteiger partial charge in [-0.2, -0.15) is 0 Å². The Kier molecular flexibility index (Phi) is 5.86. The number of amides is 2. The highest BCUT2D eigenvalue weighted by molar-refractivity contribution is 6.36. The van der Waals surface area contributed by atoms with E-state index >= 15 is 0 Å². The van der Waals surface area contributed by atoms with Gasteiger partial charge in [0.25, 0.3) is 11.8 Å².